The van der Waals surface area contributed by atoms with Gasteiger partial charge in [-0.05, 0) is 48.1 Å². The molecule has 2 aliphatic rings. The molecule has 0 amide bonds. The first-order chi connectivity index (χ1) is 18.2. The van der Waals surface area contributed by atoms with Crippen molar-refractivity contribution in [2.75, 3.05) is 7.11 Å². The van der Waals surface area contributed by atoms with Gasteiger partial charge in [-0.15, -0.1) is 0 Å². The second-order valence-electron chi connectivity index (χ2n) is 10.5. The van der Waals surface area contributed by atoms with Crippen molar-refractivity contribution in [3.8, 4) is 5.75 Å². The highest BCUT2D eigenvalue weighted by Crippen LogP contribution is 2.49. The molecule has 8 nitrogen and oxygen atoms in total. The van der Waals surface area contributed by atoms with E-state index in [0.717, 1.165) is 12.1 Å². The molecule has 2 atom stereocenters. The third kappa shape index (κ3) is 5.71. The molecule has 2 aromatic carbocycles. The number of hydrogen-bond acceptors (Lipinski definition) is 7. The lowest BCUT2D eigenvalue weighted by Crippen LogP contribution is -2.39. The number of carbonyl (C=O) groups is 2. The van der Waals surface area contributed by atoms with E-state index >= 15 is 0 Å². The molecule has 1 aliphatic carbocycles. The maximum absolute atomic E-state index is 13.3. The van der Waals surface area contributed by atoms with Crippen LogP contribution in [0.25, 0.3) is 0 Å². The number of hydrogen-bond donors (Lipinski definition) is 0. The SMILES string of the molecule is COC(=O)C1C(C)=NC2=C(C(=O)CC(C)(C)C2)[C@@H]1c1ccc(OCc2cccc(C(F)(F)F)c2)c([N+](=O)[O-])c1. The average molecular weight is 545 g/mol. The molecule has 0 bridgehead atoms. The summed E-state index contributed by atoms with van der Waals surface area (Å²) in [7, 11) is 1.22. The van der Waals surface area contributed by atoms with Gasteiger partial charge in [0, 0.05) is 35.4 Å². The summed E-state index contributed by atoms with van der Waals surface area (Å²) in [5, 5.41) is 12.0. The number of alkyl halides is 3. The number of Topliss-reactive ketones (excluding diaryl/α,β-unsaturated/α-hetero) is 1. The van der Waals surface area contributed by atoms with E-state index in [1.807, 2.05) is 13.8 Å². The second kappa shape index (κ2) is 10.3. The number of aliphatic imine (C=N–C) groups is 1. The Labute approximate surface area is 222 Å². The maximum Gasteiger partial charge on any atom is 0.416 e. The standard InChI is InChI=1S/C28H27F3N2O6/c1-15-23(26(35)38-4)24(25-19(32-15)12-27(2,3)13-21(25)34)17-8-9-22(20(11-17)33(36)37)39-14-16-6-5-7-18(10-16)28(29,30)31/h5-11,23-24H,12-14H2,1-4H3/t23?,24-/m1/s1. The van der Waals surface area contributed by atoms with Gasteiger partial charge in [0.25, 0.3) is 0 Å². The Hall–Kier alpha value is -4.02. The lowest BCUT2D eigenvalue weighted by molar-refractivity contribution is -0.386. The van der Waals surface area contributed by atoms with Gasteiger partial charge in [0.05, 0.1) is 17.6 Å². The zero-order valence-corrected chi connectivity index (χ0v) is 21.8. The molecule has 0 aromatic heterocycles. The summed E-state index contributed by atoms with van der Waals surface area (Å²) in [6.07, 6.45) is -3.82. The Bertz CT molecular complexity index is 1410. The zero-order chi connectivity index (χ0) is 28.7. The topological polar surface area (TPSA) is 108 Å². The molecule has 1 unspecified atom stereocenters. The predicted octanol–water partition coefficient (Wildman–Crippen LogP) is 6.18. The minimum absolute atomic E-state index is 0.165. The minimum atomic E-state index is -4.54. The number of allylic oxidation sites excluding steroid dienone is 2. The van der Waals surface area contributed by atoms with Gasteiger partial charge >= 0.3 is 17.8 Å². The van der Waals surface area contributed by atoms with Crippen LogP contribution >= 0.6 is 0 Å². The largest absolute Gasteiger partial charge is 0.482 e. The fourth-order valence-electron chi connectivity index (χ4n) is 5.23. The Morgan fingerprint density at radius 3 is 2.54 bits per heavy atom. The van der Waals surface area contributed by atoms with Crippen LogP contribution in [-0.2, 0) is 27.1 Å². The smallest absolute Gasteiger partial charge is 0.416 e. The van der Waals surface area contributed by atoms with Crippen molar-refractivity contribution in [1.29, 1.82) is 0 Å². The quantitative estimate of drug-likeness (QED) is 0.244. The molecule has 39 heavy (non-hydrogen) atoms. The van der Waals surface area contributed by atoms with Gasteiger partial charge in [0.1, 0.15) is 12.5 Å². The van der Waals surface area contributed by atoms with E-state index in [2.05, 4.69) is 4.99 Å². The first kappa shape index (κ1) is 28.0. The number of benzene rings is 2. The number of ether oxygens (including phenoxy) is 2. The van der Waals surface area contributed by atoms with E-state index in [-0.39, 0.29) is 35.5 Å². The molecule has 0 N–H and O–H groups in total. The third-order valence-corrected chi connectivity index (χ3v) is 6.94. The number of nitro benzene ring substituents is 1. The predicted molar refractivity (Wildman–Crippen MR) is 135 cm³/mol. The van der Waals surface area contributed by atoms with Gasteiger partial charge in [-0.3, -0.25) is 24.7 Å². The number of carbonyl (C=O) groups excluding carboxylic acids is 2. The highest BCUT2D eigenvalue weighted by molar-refractivity contribution is 6.09. The van der Waals surface area contributed by atoms with Crippen molar-refractivity contribution >= 4 is 23.2 Å². The Kier molecular flexibility index (Phi) is 7.38. The van der Waals surface area contributed by atoms with Crippen molar-refractivity contribution in [2.24, 2.45) is 16.3 Å². The maximum atomic E-state index is 13.3. The number of nitro groups is 1. The Balaban J connectivity index is 1.74. The fraction of sp³-hybridized carbons (Fsp3) is 0.393. The van der Waals surface area contributed by atoms with Crippen LogP contribution in [0, 0.1) is 21.4 Å². The lowest BCUT2D eigenvalue weighted by atomic mass is 9.67. The first-order valence-corrected chi connectivity index (χ1v) is 12.2. The Morgan fingerprint density at radius 1 is 1.18 bits per heavy atom. The van der Waals surface area contributed by atoms with E-state index in [0.29, 0.717) is 29.0 Å². The minimum Gasteiger partial charge on any atom is -0.482 e. The van der Waals surface area contributed by atoms with Gasteiger partial charge in [0.15, 0.2) is 11.5 Å². The van der Waals surface area contributed by atoms with Crippen LogP contribution in [0.15, 0.2) is 58.7 Å². The van der Waals surface area contributed by atoms with E-state index in [4.69, 9.17) is 9.47 Å². The second-order valence-corrected chi connectivity index (χ2v) is 10.5. The summed E-state index contributed by atoms with van der Waals surface area (Å²) in [6, 6.07) is 8.56. The molecule has 0 saturated heterocycles. The average Bonchev–Trinajstić information content (AvgIpc) is 2.85. The van der Waals surface area contributed by atoms with Crippen molar-refractivity contribution < 1.29 is 37.2 Å². The molecule has 1 heterocycles. The summed E-state index contributed by atoms with van der Waals surface area (Å²) in [5.74, 6) is -2.80. The van der Waals surface area contributed by atoms with Crippen LogP contribution in [0.3, 0.4) is 0 Å². The Morgan fingerprint density at radius 2 is 1.90 bits per heavy atom. The fourth-order valence-corrected chi connectivity index (χ4v) is 5.23. The number of halogens is 3. The monoisotopic (exact) mass is 544 g/mol. The van der Waals surface area contributed by atoms with Crippen molar-refractivity contribution in [1.82, 2.24) is 0 Å². The van der Waals surface area contributed by atoms with E-state index < -0.39 is 40.2 Å². The molecular weight excluding hydrogens is 517 g/mol. The molecular formula is C28H27F3N2O6. The van der Waals surface area contributed by atoms with Gasteiger partial charge in [-0.25, -0.2) is 0 Å². The summed E-state index contributed by atoms with van der Waals surface area (Å²) in [6.45, 7) is 5.21. The number of methoxy groups -OCH3 is 1. The number of esters is 1. The highest BCUT2D eigenvalue weighted by atomic mass is 19.4. The van der Waals surface area contributed by atoms with Gasteiger partial charge in [-0.2, -0.15) is 13.2 Å². The van der Waals surface area contributed by atoms with Gasteiger partial charge in [0.2, 0.25) is 0 Å². The van der Waals surface area contributed by atoms with Crippen LogP contribution < -0.4 is 4.74 Å². The molecule has 0 radical (unpaired) electrons. The van der Waals surface area contributed by atoms with Crippen molar-refractivity contribution in [2.45, 2.75) is 52.3 Å². The van der Waals surface area contributed by atoms with Gasteiger partial charge in [-0.1, -0.05) is 32.0 Å². The first-order valence-electron chi connectivity index (χ1n) is 12.2. The molecule has 206 valence electrons. The molecule has 0 spiro atoms. The number of nitrogens with zero attached hydrogens (tertiary/aromatic N) is 2. The zero-order valence-electron chi connectivity index (χ0n) is 21.8. The molecule has 2 aromatic rings. The summed E-state index contributed by atoms with van der Waals surface area (Å²) in [4.78, 5) is 42.1. The van der Waals surface area contributed by atoms with Crippen LogP contribution in [0.4, 0.5) is 18.9 Å². The lowest BCUT2D eigenvalue weighted by Gasteiger charge is -2.38. The summed E-state index contributed by atoms with van der Waals surface area (Å²) in [5.41, 5.74) is 0.180. The summed E-state index contributed by atoms with van der Waals surface area (Å²) < 4.78 is 49.7. The van der Waals surface area contributed by atoms with E-state index in [9.17, 15) is 32.9 Å². The van der Waals surface area contributed by atoms with Crippen molar-refractivity contribution in [3.63, 3.8) is 0 Å². The van der Waals surface area contributed by atoms with E-state index in [1.54, 1.807) is 6.92 Å². The molecule has 1 aliphatic heterocycles. The van der Waals surface area contributed by atoms with Crippen LogP contribution in [-0.4, -0.2) is 29.5 Å². The highest BCUT2D eigenvalue weighted by Gasteiger charge is 2.46. The summed E-state index contributed by atoms with van der Waals surface area (Å²) >= 11 is 0. The number of ketones is 1. The van der Waals surface area contributed by atoms with Crippen molar-refractivity contribution in [3.05, 3.63) is 80.5 Å². The normalized spacial score (nSPS) is 20.7. The van der Waals surface area contributed by atoms with Gasteiger partial charge < -0.3 is 9.47 Å². The van der Waals surface area contributed by atoms with Crippen LogP contribution in [0.5, 0.6) is 5.75 Å². The third-order valence-electron chi connectivity index (χ3n) is 6.94. The molecule has 11 heteroatoms. The number of rotatable bonds is 6. The molecule has 0 fully saturated rings. The van der Waals surface area contributed by atoms with Crippen LogP contribution in [0.2, 0.25) is 0 Å². The molecule has 0 saturated carbocycles. The van der Waals surface area contributed by atoms with Crippen LogP contribution in [0.1, 0.15) is 56.2 Å². The molecule has 4 rings (SSSR count). The van der Waals surface area contributed by atoms with E-state index in [1.165, 1.54) is 37.4 Å².